The number of piperidine rings is 1. The van der Waals surface area contributed by atoms with Crippen LogP contribution in [0.2, 0.25) is 0 Å². The maximum absolute atomic E-state index is 5.75. The smallest absolute Gasteiger partial charge is 0.119 e. The lowest BCUT2D eigenvalue weighted by Gasteiger charge is -2.35. The molecule has 1 N–H and O–H groups in total. The Labute approximate surface area is 129 Å². The van der Waals surface area contributed by atoms with E-state index < -0.39 is 0 Å². The molecular formula is C18H30N2O. The fourth-order valence-corrected chi connectivity index (χ4v) is 3.16. The summed E-state index contributed by atoms with van der Waals surface area (Å²) in [6.07, 6.45) is 3.77. The number of hydrogen-bond acceptors (Lipinski definition) is 3. The highest BCUT2D eigenvalue weighted by atomic mass is 16.5. The Bertz CT molecular complexity index is 374. The van der Waals surface area contributed by atoms with Gasteiger partial charge in [0.25, 0.3) is 0 Å². The van der Waals surface area contributed by atoms with Crippen LogP contribution in [-0.2, 0) is 0 Å². The predicted molar refractivity (Wildman–Crippen MR) is 88.9 cm³/mol. The minimum absolute atomic E-state index is 0.665. The van der Waals surface area contributed by atoms with Gasteiger partial charge in [0.2, 0.25) is 0 Å². The normalized spacial score (nSPS) is 18.6. The van der Waals surface area contributed by atoms with Crippen molar-refractivity contribution in [1.82, 2.24) is 10.2 Å². The van der Waals surface area contributed by atoms with Gasteiger partial charge in [-0.25, -0.2) is 0 Å². The van der Waals surface area contributed by atoms with E-state index in [0.717, 1.165) is 37.8 Å². The predicted octanol–water partition coefficient (Wildman–Crippen LogP) is 3.17. The van der Waals surface area contributed by atoms with Crippen LogP contribution in [0, 0.1) is 5.92 Å². The molecule has 1 atom stereocenters. The molecule has 0 amide bonds. The second-order valence-corrected chi connectivity index (χ2v) is 6.04. The topological polar surface area (TPSA) is 24.5 Å². The molecule has 3 heteroatoms. The minimum Gasteiger partial charge on any atom is -0.494 e. The number of para-hydroxylation sites is 1. The molecule has 1 unspecified atom stereocenters. The average Bonchev–Trinajstić information content (AvgIpc) is 2.53. The maximum Gasteiger partial charge on any atom is 0.119 e. The van der Waals surface area contributed by atoms with Crippen molar-refractivity contribution >= 4 is 0 Å². The van der Waals surface area contributed by atoms with Crippen molar-refractivity contribution in [3.8, 4) is 5.75 Å². The fraction of sp³-hybridized carbons (Fsp3) is 0.667. The van der Waals surface area contributed by atoms with E-state index in [1.807, 2.05) is 30.3 Å². The Kier molecular flexibility index (Phi) is 7.04. The highest BCUT2D eigenvalue weighted by Crippen LogP contribution is 2.20. The zero-order valence-corrected chi connectivity index (χ0v) is 13.6. The lowest BCUT2D eigenvalue weighted by molar-refractivity contribution is 0.153. The molecule has 118 valence electrons. The molecule has 1 heterocycles. The number of ether oxygens (including phenoxy) is 1. The van der Waals surface area contributed by atoms with E-state index in [-0.39, 0.29) is 0 Å². The fourth-order valence-electron chi connectivity index (χ4n) is 3.16. The van der Waals surface area contributed by atoms with Crippen molar-refractivity contribution in [2.24, 2.45) is 5.92 Å². The van der Waals surface area contributed by atoms with Gasteiger partial charge < -0.3 is 15.0 Å². The molecule has 1 aliphatic heterocycles. The van der Waals surface area contributed by atoms with E-state index in [0.29, 0.717) is 6.04 Å². The molecule has 3 nitrogen and oxygen atoms in total. The van der Waals surface area contributed by atoms with Gasteiger partial charge in [-0.2, -0.15) is 0 Å². The molecule has 0 spiro atoms. The summed E-state index contributed by atoms with van der Waals surface area (Å²) in [4.78, 5) is 2.59. The number of nitrogens with one attached hydrogen (secondary N) is 1. The third-order valence-electron chi connectivity index (χ3n) is 4.50. The van der Waals surface area contributed by atoms with Crippen molar-refractivity contribution in [2.45, 2.75) is 39.2 Å². The molecule has 2 rings (SSSR count). The molecular weight excluding hydrogens is 260 g/mol. The third-order valence-corrected chi connectivity index (χ3v) is 4.50. The van der Waals surface area contributed by atoms with Gasteiger partial charge in [0, 0.05) is 12.6 Å². The van der Waals surface area contributed by atoms with Crippen molar-refractivity contribution in [2.75, 3.05) is 32.8 Å². The second kappa shape index (κ2) is 9.06. The highest BCUT2D eigenvalue weighted by molar-refractivity contribution is 5.20. The lowest BCUT2D eigenvalue weighted by atomic mass is 9.90. The van der Waals surface area contributed by atoms with Crippen molar-refractivity contribution < 1.29 is 4.74 Å². The first-order chi connectivity index (χ1) is 10.3. The Morgan fingerprint density at radius 2 is 1.95 bits per heavy atom. The average molecular weight is 290 g/mol. The van der Waals surface area contributed by atoms with Gasteiger partial charge in [-0.1, -0.05) is 25.1 Å². The van der Waals surface area contributed by atoms with E-state index in [2.05, 4.69) is 24.1 Å². The summed E-state index contributed by atoms with van der Waals surface area (Å²) in [6.45, 7) is 10.1. The molecule has 1 saturated heterocycles. The molecule has 0 saturated carbocycles. The van der Waals surface area contributed by atoms with Crippen LogP contribution >= 0.6 is 0 Å². The first kappa shape index (κ1) is 16.3. The van der Waals surface area contributed by atoms with Crippen LogP contribution in [-0.4, -0.2) is 43.7 Å². The molecule has 1 fully saturated rings. The maximum atomic E-state index is 5.75. The molecule has 0 bridgehead atoms. The minimum atomic E-state index is 0.665. The summed E-state index contributed by atoms with van der Waals surface area (Å²) >= 11 is 0. The van der Waals surface area contributed by atoms with Gasteiger partial charge in [-0.05, 0) is 63.9 Å². The van der Waals surface area contributed by atoms with Gasteiger partial charge in [-0.3, -0.25) is 0 Å². The monoisotopic (exact) mass is 290 g/mol. The molecule has 1 aromatic rings. The number of hydrogen-bond donors (Lipinski definition) is 1. The van der Waals surface area contributed by atoms with Crippen LogP contribution in [0.3, 0.4) is 0 Å². The van der Waals surface area contributed by atoms with Gasteiger partial charge in [0.15, 0.2) is 0 Å². The summed E-state index contributed by atoms with van der Waals surface area (Å²) in [7, 11) is 0. The molecule has 21 heavy (non-hydrogen) atoms. The van der Waals surface area contributed by atoms with Gasteiger partial charge in [0.05, 0.1) is 6.61 Å². The van der Waals surface area contributed by atoms with Crippen LogP contribution in [0.1, 0.15) is 33.1 Å². The van der Waals surface area contributed by atoms with E-state index in [4.69, 9.17) is 4.74 Å². The van der Waals surface area contributed by atoms with E-state index in [9.17, 15) is 0 Å². The second-order valence-electron chi connectivity index (χ2n) is 6.04. The summed E-state index contributed by atoms with van der Waals surface area (Å²) in [5, 5.41) is 3.56. The van der Waals surface area contributed by atoms with Crippen LogP contribution in [0.4, 0.5) is 0 Å². The van der Waals surface area contributed by atoms with Crippen LogP contribution in [0.25, 0.3) is 0 Å². The summed E-state index contributed by atoms with van der Waals surface area (Å²) in [5.41, 5.74) is 0. The Morgan fingerprint density at radius 1 is 1.24 bits per heavy atom. The molecule has 0 aromatic heterocycles. The van der Waals surface area contributed by atoms with Gasteiger partial charge >= 0.3 is 0 Å². The lowest BCUT2D eigenvalue weighted by Crippen LogP contribution is -2.42. The first-order valence-electron chi connectivity index (χ1n) is 8.43. The SMILES string of the molecule is CCNC(C)C1CCN(CCCOc2ccccc2)CC1. The van der Waals surface area contributed by atoms with Crippen LogP contribution in [0.5, 0.6) is 5.75 Å². The number of nitrogens with zero attached hydrogens (tertiary/aromatic N) is 1. The Hall–Kier alpha value is -1.06. The van der Waals surface area contributed by atoms with Crippen molar-refractivity contribution in [1.29, 1.82) is 0 Å². The van der Waals surface area contributed by atoms with Crippen molar-refractivity contribution in [3.63, 3.8) is 0 Å². The molecule has 1 aromatic carbocycles. The molecule has 0 aliphatic carbocycles. The molecule has 1 aliphatic rings. The summed E-state index contributed by atoms with van der Waals surface area (Å²) < 4.78 is 5.75. The van der Waals surface area contributed by atoms with Crippen molar-refractivity contribution in [3.05, 3.63) is 30.3 Å². The third kappa shape index (κ3) is 5.68. The Balaban J connectivity index is 1.57. The van der Waals surface area contributed by atoms with E-state index >= 15 is 0 Å². The zero-order valence-electron chi connectivity index (χ0n) is 13.6. The Morgan fingerprint density at radius 3 is 2.62 bits per heavy atom. The largest absolute Gasteiger partial charge is 0.494 e. The number of rotatable bonds is 8. The highest BCUT2D eigenvalue weighted by Gasteiger charge is 2.22. The van der Waals surface area contributed by atoms with Crippen LogP contribution < -0.4 is 10.1 Å². The van der Waals surface area contributed by atoms with Crippen LogP contribution in [0.15, 0.2) is 30.3 Å². The van der Waals surface area contributed by atoms with E-state index in [1.54, 1.807) is 0 Å². The standard InChI is InChI=1S/C18H30N2O/c1-3-19-16(2)17-10-13-20(14-11-17)12-7-15-21-18-8-5-4-6-9-18/h4-6,8-9,16-17,19H,3,7,10-15H2,1-2H3. The number of benzene rings is 1. The number of likely N-dealkylation sites (tertiary alicyclic amines) is 1. The molecule has 0 radical (unpaired) electrons. The zero-order chi connectivity index (χ0) is 14.9. The summed E-state index contributed by atoms with van der Waals surface area (Å²) in [5.74, 6) is 1.83. The quantitative estimate of drug-likeness (QED) is 0.744. The first-order valence-corrected chi connectivity index (χ1v) is 8.43. The summed E-state index contributed by atoms with van der Waals surface area (Å²) in [6, 6.07) is 10.8. The van der Waals surface area contributed by atoms with Gasteiger partial charge in [0.1, 0.15) is 5.75 Å². The van der Waals surface area contributed by atoms with Gasteiger partial charge in [-0.15, -0.1) is 0 Å². The van der Waals surface area contributed by atoms with E-state index in [1.165, 1.54) is 25.9 Å².